The zero-order valence-electron chi connectivity index (χ0n) is 12.5. The standard InChI is InChI=1S/C14H18N4O3S/c1-11-5-3-4-6-12(11)13-9-18(7-8-21-13)22(19,20)14-16-15-10-17(14)2/h3-6,10,13H,7-9H2,1-2H3. The van der Waals surface area contributed by atoms with Gasteiger partial charge in [-0.3, -0.25) is 0 Å². The molecule has 0 saturated carbocycles. The second-order valence-electron chi connectivity index (χ2n) is 5.30. The Bertz CT molecular complexity index is 772. The van der Waals surface area contributed by atoms with Gasteiger partial charge < -0.3 is 9.30 Å². The lowest BCUT2D eigenvalue weighted by atomic mass is 10.0. The maximum absolute atomic E-state index is 12.7. The Morgan fingerprint density at radius 3 is 2.77 bits per heavy atom. The number of nitrogens with zero attached hydrogens (tertiary/aromatic N) is 4. The molecule has 1 aliphatic heterocycles. The van der Waals surface area contributed by atoms with Crippen LogP contribution in [0.15, 0.2) is 35.7 Å². The monoisotopic (exact) mass is 322 g/mol. The first kappa shape index (κ1) is 15.1. The number of hydrogen-bond acceptors (Lipinski definition) is 5. The molecule has 0 radical (unpaired) electrons. The van der Waals surface area contributed by atoms with Gasteiger partial charge >= 0.3 is 0 Å². The molecule has 118 valence electrons. The molecule has 0 spiro atoms. The van der Waals surface area contributed by atoms with E-state index in [9.17, 15) is 8.42 Å². The lowest BCUT2D eigenvalue weighted by molar-refractivity contribution is -0.00308. The Hall–Kier alpha value is -1.77. The van der Waals surface area contributed by atoms with Crippen molar-refractivity contribution in [2.24, 2.45) is 7.05 Å². The molecule has 1 aromatic carbocycles. The molecule has 1 unspecified atom stereocenters. The third-order valence-corrected chi connectivity index (χ3v) is 5.65. The highest BCUT2D eigenvalue weighted by Crippen LogP contribution is 2.27. The molecule has 1 atom stereocenters. The molecule has 8 heteroatoms. The van der Waals surface area contributed by atoms with Gasteiger partial charge in [-0.1, -0.05) is 24.3 Å². The average molecular weight is 322 g/mol. The van der Waals surface area contributed by atoms with Crippen molar-refractivity contribution in [2.45, 2.75) is 18.2 Å². The molecule has 22 heavy (non-hydrogen) atoms. The number of benzene rings is 1. The van der Waals surface area contributed by atoms with Crippen LogP contribution in [0.1, 0.15) is 17.2 Å². The van der Waals surface area contributed by atoms with E-state index >= 15 is 0 Å². The molecule has 0 bridgehead atoms. The van der Waals surface area contributed by atoms with E-state index in [-0.39, 0.29) is 17.8 Å². The lowest BCUT2D eigenvalue weighted by Crippen LogP contribution is -2.43. The van der Waals surface area contributed by atoms with Crippen LogP contribution in [0, 0.1) is 6.92 Å². The molecule has 1 fully saturated rings. The summed E-state index contributed by atoms with van der Waals surface area (Å²) in [4.78, 5) is 0. The summed E-state index contributed by atoms with van der Waals surface area (Å²) in [5.41, 5.74) is 2.10. The van der Waals surface area contributed by atoms with Crippen LogP contribution in [0.3, 0.4) is 0 Å². The zero-order valence-corrected chi connectivity index (χ0v) is 13.3. The zero-order chi connectivity index (χ0) is 15.7. The molecular formula is C14H18N4O3S. The van der Waals surface area contributed by atoms with Gasteiger partial charge in [0.05, 0.1) is 12.7 Å². The second kappa shape index (κ2) is 5.79. The quantitative estimate of drug-likeness (QED) is 0.838. The number of hydrogen-bond donors (Lipinski definition) is 0. The molecule has 1 aliphatic rings. The Balaban J connectivity index is 1.88. The van der Waals surface area contributed by atoms with Crippen molar-refractivity contribution in [3.8, 4) is 0 Å². The van der Waals surface area contributed by atoms with E-state index in [0.29, 0.717) is 13.2 Å². The van der Waals surface area contributed by atoms with Crippen molar-refractivity contribution >= 4 is 10.0 Å². The molecule has 0 amide bonds. The van der Waals surface area contributed by atoms with Gasteiger partial charge in [0.2, 0.25) is 0 Å². The van der Waals surface area contributed by atoms with E-state index in [2.05, 4.69) is 10.2 Å². The fourth-order valence-electron chi connectivity index (χ4n) is 2.60. The summed E-state index contributed by atoms with van der Waals surface area (Å²) < 4.78 is 33.9. The van der Waals surface area contributed by atoms with Gasteiger partial charge in [-0.05, 0) is 18.1 Å². The predicted molar refractivity (Wildman–Crippen MR) is 79.6 cm³/mol. The summed E-state index contributed by atoms with van der Waals surface area (Å²) in [6, 6.07) is 7.85. The summed E-state index contributed by atoms with van der Waals surface area (Å²) in [6.07, 6.45) is 1.12. The number of sulfonamides is 1. The predicted octanol–water partition coefficient (Wildman–Crippen LogP) is 0.886. The molecule has 2 heterocycles. The van der Waals surface area contributed by atoms with Crippen molar-refractivity contribution in [3.05, 3.63) is 41.7 Å². The van der Waals surface area contributed by atoms with E-state index in [0.717, 1.165) is 11.1 Å². The summed E-state index contributed by atoms with van der Waals surface area (Å²) in [7, 11) is -2.04. The van der Waals surface area contributed by atoms with Gasteiger partial charge in [0.1, 0.15) is 6.33 Å². The van der Waals surface area contributed by atoms with E-state index in [1.807, 2.05) is 31.2 Å². The third-order valence-electron chi connectivity index (χ3n) is 3.81. The summed E-state index contributed by atoms with van der Waals surface area (Å²) in [5.74, 6) is 0. The van der Waals surface area contributed by atoms with Crippen LogP contribution in [0.5, 0.6) is 0 Å². The fourth-order valence-corrected chi connectivity index (χ4v) is 4.04. The summed E-state index contributed by atoms with van der Waals surface area (Å²) in [5, 5.41) is 7.33. The number of aryl methyl sites for hydroxylation is 2. The minimum absolute atomic E-state index is 0.0436. The summed E-state index contributed by atoms with van der Waals surface area (Å²) in [6.45, 7) is 2.95. The fraction of sp³-hybridized carbons (Fsp3) is 0.429. The highest BCUT2D eigenvalue weighted by Gasteiger charge is 2.34. The first-order chi connectivity index (χ1) is 10.5. The van der Waals surface area contributed by atoms with Crippen LogP contribution in [0.4, 0.5) is 0 Å². The smallest absolute Gasteiger partial charge is 0.278 e. The van der Waals surface area contributed by atoms with Crippen LogP contribution in [0.2, 0.25) is 0 Å². The van der Waals surface area contributed by atoms with Crippen LogP contribution in [0.25, 0.3) is 0 Å². The maximum atomic E-state index is 12.7. The van der Waals surface area contributed by atoms with Crippen LogP contribution in [-0.4, -0.2) is 47.2 Å². The van der Waals surface area contributed by atoms with Crippen molar-refractivity contribution in [1.82, 2.24) is 19.1 Å². The van der Waals surface area contributed by atoms with Crippen molar-refractivity contribution in [1.29, 1.82) is 0 Å². The highest BCUT2D eigenvalue weighted by atomic mass is 32.2. The Labute approximate surface area is 129 Å². The molecule has 1 aromatic heterocycles. The van der Waals surface area contributed by atoms with Crippen LogP contribution in [-0.2, 0) is 21.8 Å². The van der Waals surface area contributed by atoms with E-state index in [1.165, 1.54) is 15.2 Å². The SMILES string of the molecule is Cc1ccccc1C1CN(S(=O)(=O)c2nncn2C)CCO1. The van der Waals surface area contributed by atoms with Gasteiger partial charge in [-0.25, -0.2) is 8.42 Å². The molecule has 2 aromatic rings. The normalized spacial score (nSPS) is 20.2. The molecule has 0 aliphatic carbocycles. The summed E-state index contributed by atoms with van der Waals surface area (Å²) >= 11 is 0. The molecule has 7 nitrogen and oxygen atoms in total. The number of morpholine rings is 1. The molecule has 0 N–H and O–H groups in total. The lowest BCUT2D eigenvalue weighted by Gasteiger charge is -2.32. The first-order valence-electron chi connectivity index (χ1n) is 7.01. The minimum atomic E-state index is -3.66. The average Bonchev–Trinajstić information content (AvgIpc) is 2.95. The Kier molecular flexibility index (Phi) is 3.98. The largest absolute Gasteiger partial charge is 0.371 e. The van der Waals surface area contributed by atoms with E-state index in [4.69, 9.17) is 4.74 Å². The van der Waals surface area contributed by atoms with Gasteiger partial charge in [-0.15, -0.1) is 10.2 Å². The van der Waals surface area contributed by atoms with E-state index < -0.39 is 10.0 Å². The second-order valence-corrected chi connectivity index (χ2v) is 7.14. The number of ether oxygens (including phenoxy) is 1. The molecule has 3 rings (SSSR count). The van der Waals surface area contributed by atoms with Crippen molar-refractivity contribution in [2.75, 3.05) is 19.7 Å². The number of rotatable bonds is 3. The van der Waals surface area contributed by atoms with Crippen LogP contribution >= 0.6 is 0 Å². The van der Waals surface area contributed by atoms with Crippen molar-refractivity contribution in [3.63, 3.8) is 0 Å². The van der Waals surface area contributed by atoms with Gasteiger partial charge in [0.25, 0.3) is 15.2 Å². The van der Waals surface area contributed by atoms with Crippen LogP contribution < -0.4 is 0 Å². The maximum Gasteiger partial charge on any atom is 0.278 e. The van der Waals surface area contributed by atoms with Gasteiger partial charge in [-0.2, -0.15) is 4.31 Å². The topological polar surface area (TPSA) is 77.3 Å². The van der Waals surface area contributed by atoms with Crippen molar-refractivity contribution < 1.29 is 13.2 Å². The Morgan fingerprint density at radius 1 is 1.32 bits per heavy atom. The van der Waals surface area contributed by atoms with Gasteiger partial charge in [0, 0.05) is 20.1 Å². The highest BCUT2D eigenvalue weighted by molar-refractivity contribution is 7.89. The molecular weight excluding hydrogens is 304 g/mol. The third kappa shape index (κ3) is 2.65. The minimum Gasteiger partial charge on any atom is -0.371 e. The first-order valence-corrected chi connectivity index (χ1v) is 8.45. The molecule has 1 saturated heterocycles. The van der Waals surface area contributed by atoms with Gasteiger partial charge in [0.15, 0.2) is 0 Å². The number of aromatic nitrogens is 3. The Morgan fingerprint density at radius 2 is 2.09 bits per heavy atom. The van der Waals surface area contributed by atoms with E-state index in [1.54, 1.807) is 7.05 Å².